The molecule has 148 valence electrons. The summed E-state index contributed by atoms with van der Waals surface area (Å²) in [5, 5.41) is 3.52. The third-order valence-electron chi connectivity index (χ3n) is 4.60. The Balaban J connectivity index is 1.57. The summed E-state index contributed by atoms with van der Waals surface area (Å²) in [6, 6.07) is 4.83. The highest BCUT2D eigenvalue weighted by Gasteiger charge is 2.62. The number of benzene rings is 1. The van der Waals surface area contributed by atoms with E-state index in [1.54, 1.807) is 45.9 Å². The molecule has 0 saturated carbocycles. The molecule has 1 N–H and O–H groups in total. The highest BCUT2D eigenvalue weighted by atomic mass is 35.5. The van der Waals surface area contributed by atoms with Gasteiger partial charge in [-0.25, -0.2) is 0 Å². The van der Waals surface area contributed by atoms with Crippen LogP contribution < -0.4 is 5.32 Å². The Kier molecular flexibility index (Phi) is 4.71. The number of carbonyl (C=O) groups excluding carboxylic acids is 1. The Labute approximate surface area is 167 Å². The first kappa shape index (κ1) is 19.4. The first-order chi connectivity index (χ1) is 12.5. The van der Waals surface area contributed by atoms with Crippen molar-refractivity contribution in [3.8, 4) is 0 Å². The molecule has 27 heavy (non-hydrogen) atoms. The molecule has 3 fully saturated rings. The lowest BCUT2D eigenvalue weighted by Gasteiger charge is -2.36. The summed E-state index contributed by atoms with van der Waals surface area (Å²) in [6.07, 6.45) is -3.29. The number of carbonyl (C=O) groups is 1. The summed E-state index contributed by atoms with van der Waals surface area (Å²) >= 11 is 11.9. The van der Waals surface area contributed by atoms with E-state index in [4.69, 9.17) is 46.9 Å². The highest BCUT2D eigenvalue weighted by Crippen LogP contribution is 2.44. The van der Waals surface area contributed by atoms with Crippen molar-refractivity contribution in [2.45, 2.75) is 70.0 Å². The van der Waals surface area contributed by atoms with E-state index in [0.717, 1.165) is 0 Å². The van der Waals surface area contributed by atoms with Gasteiger partial charge in [0.2, 0.25) is 0 Å². The van der Waals surface area contributed by atoms with Crippen molar-refractivity contribution in [2.24, 2.45) is 0 Å². The summed E-state index contributed by atoms with van der Waals surface area (Å²) in [7, 11) is 0. The van der Waals surface area contributed by atoms with Crippen LogP contribution in [0, 0.1) is 0 Å². The van der Waals surface area contributed by atoms with Gasteiger partial charge in [-0.2, -0.15) is 0 Å². The second-order valence-electron chi connectivity index (χ2n) is 7.71. The number of hydrogen-bond donors (Lipinski definition) is 1. The smallest absolute Gasteiger partial charge is 0.256 e. The molecule has 0 radical (unpaired) electrons. The van der Waals surface area contributed by atoms with Gasteiger partial charge in [-0.3, -0.25) is 4.79 Å². The Hall–Kier alpha value is -0.930. The third kappa shape index (κ3) is 3.70. The quantitative estimate of drug-likeness (QED) is 0.795. The molecule has 5 atom stereocenters. The predicted octanol–water partition coefficient (Wildman–Crippen LogP) is 3.33. The Bertz CT molecular complexity index is 770. The van der Waals surface area contributed by atoms with Gasteiger partial charge < -0.3 is 29.0 Å². The minimum absolute atomic E-state index is 0.341. The highest BCUT2D eigenvalue weighted by molar-refractivity contribution is 6.42. The van der Waals surface area contributed by atoms with Gasteiger partial charge in [0.15, 0.2) is 24.0 Å². The summed E-state index contributed by atoms with van der Waals surface area (Å²) in [5.41, 5.74) is 0.499. The van der Waals surface area contributed by atoms with Gasteiger partial charge in [0.25, 0.3) is 5.91 Å². The molecule has 9 heteroatoms. The number of halogens is 2. The van der Waals surface area contributed by atoms with Crippen molar-refractivity contribution in [1.82, 2.24) is 0 Å². The maximum Gasteiger partial charge on any atom is 0.256 e. The number of ether oxygens (including phenoxy) is 5. The van der Waals surface area contributed by atoms with Gasteiger partial charge in [-0.1, -0.05) is 23.2 Å². The van der Waals surface area contributed by atoms with Crippen molar-refractivity contribution in [3.63, 3.8) is 0 Å². The van der Waals surface area contributed by atoms with E-state index in [1.807, 2.05) is 0 Å². The number of hydrogen-bond acceptors (Lipinski definition) is 6. The van der Waals surface area contributed by atoms with E-state index in [-0.39, 0.29) is 0 Å². The molecule has 3 heterocycles. The van der Waals surface area contributed by atoms with Crippen LogP contribution in [0.25, 0.3) is 0 Å². The van der Waals surface area contributed by atoms with Crippen LogP contribution in [0.15, 0.2) is 18.2 Å². The molecular formula is C18H21Cl2NO6. The van der Waals surface area contributed by atoms with Crippen LogP contribution in [0.4, 0.5) is 5.69 Å². The van der Waals surface area contributed by atoms with Crippen LogP contribution in [0.2, 0.25) is 10.0 Å². The molecule has 4 rings (SSSR count). The fourth-order valence-electron chi connectivity index (χ4n) is 3.61. The Morgan fingerprint density at radius 1 is 0.926 bits per heavy atom. The van der Waals surface area contributed by atoms with E-state index in [0.29, 0.717) is 15.7 Å². The zero-order valence-corrected chi connectivity index (χ0v) is 16.8. The number of amides is 1. The summed E-state index contributed by atoms with van der Waals surface area (Å²) in [6.45, 7) is 7.15. The maximum absolute atomic E-state index is 12.9. The second-order valence-corrected chi connectivity index (χ2v) is 8.52. The van der Waals surface area contributed by atoms with Crippen LogP contribution in [0.3, 0.4) is 0 Å². The summed E-state index contributed by atoms with van der Waals surface area (Å²) in [5.74, 6) is -2.10. The van der Waals surface area contributed by atoms with Gasteiger partial charge >= 0.3 is 0 Å². The summed E-state index contributed by atoms with van der Waals surface area (Å²) in [4.78, 5) is 12.9. The maximum atomic E-state index is 12.9. The van der Waals surface area contributed by atoms with E-state index in [9.17, 15) is 4.79 Å². The Morgan fingerprint density at radius 2 is 1.56 bits per heavy atom. The van der Waals surface area contributed by atoms with Crippen molar-refractivity contribution < 1.29 is 28.5 Å². The van der Waals surface area contributed by atoms with Crippen LogP contribution in [0.5, 0.6) is 0 Å². The topological polar surface area (TPSA) is 75.3 Å². The molecular weight excluding hydrogens is 397 g/mol. The molecule has 0 unspecified atom stereocenters. The second kappa shape index (κ2) is 6.56. The third-order valence-corrected chi connectivity index (χ3v) is 5.34. The number of rotatable bonds is 2. The van der Waals surface area contributed by atoms with Crippen LogP contribution in [-0.2, 0) is 28.5 Å². The van der Waals surface area contributed by atoms with E-state index in [2.05, 4.69) is 5.32 Å². The van der Waals surface area contributed by atoms with Gasteiger partial charge in [-0.15, -0.1) is 0 Å². The molecule has 3 saturated heterocycles. The molecule has 1 aromatic rings. The normalized spacial score (nSPS) is 36.1. The lowest BCUT2D eigenvalue weighted by atomic mass is 9.98. The number of anilines is 1. The molecule has 1 aromatic carbocycles. The first-order valence-corrected chi connectivity index (χ1v) is 9.43. The summed E-state index contributed by atoms with van der Waals surface area (Å²) < 4.78 is 29.6. The fraction of sp³-hybridized carbons (Fsp3) is 0.611. The van der Waals surface area contributed by atoms with Gasteiger partial charge in [0.05, 0.1) is 10.0 Å². The molecule has 7 nitrogen and oxygen atoms in total. The molecule has 0 spiro atoms. The largest absolute Gasteiger partial charge is 0.342 e. The molecule has 1 amide bonds. The van der Waals surface area contributed by atoms with Crippen LogP contribution >= 0.6 is 23.2 Å². The monoisotopic (exact) mass is 417 g/mol. The lowest BCUT2D eigenvalue weighted by Crippen LogP contribution is -2.58. The number of nitrogens with one attached hydrogen (secondary N) is 1. The minimum Gasteiger partial charge on any atom is -0.342 e. The van der Waals surface area contributed by atoms with Gasteiger partial charge in [-0.05, 0) is 45.9 Å². The van der Waals surface area contributed by atoms with Crippen molar-refractivity contribution in [3.05, 3.63) is 28.2 Å². The van der Waals surface area contributed by atoms with Crippen molar-refractivity contribution >= 4 is 34.8 Å². The van der Waals surface area contributed by atoms with E-state index >= 15 is 0 Å². The standard InChI is InChI=1S/C18H21Cl2NO6/c1-17(2)24-11-12(25-17)14-16(27-18(3,4)26-14)23-13(11)15(22)21-8-5-6-9(19)10(20)7-8/h5-7,11-14,16H,1-4H3,(H,21,22)/t11-,12+,13+,14-,16+/m1/s1. The van der Waals surface area contributed by atoms with Crippen LogP contribution in [0.1, 0.15) is 27.7 Å². The minimum atomic E-state index is -0.940. The van der Waals surface area contributed by atoms with E-state index in [1.165, 1.54) is 0 Å². The average molecular weight is 418 g/mol. The molecule has 0 bridgehead atoms. The fourth-order valence-corrected chi connectivity index (χ4v) is 3.91. The average Bonchev–Trinajstić information content (AvgIpc) is 3.04. The SMILES string of the molecule is CC1(C)O[C@H]2[C@@H](O1)[C@@H](C(=O)Nc1ccc(Cl)c(Cl)c1)O[C@H]1OC(C)(C)O[C@@H]12. The number of fused-ring (bicyclic) bond motifs is 3. The van der Waals surface area contributed by atoms with Crippen LogP contribution in [-0.4, -0.2) is 48.2 Å². The molecule has 0 aliphatic carbocycles. The lowest BCUT2D eigenvalue weighted by molar-refractivity contribution is -0.229. The first-order valence-electron chi connectivity index (χ1n) is 8.67. The molecule has 0 aromatic heterocycles. The molecule has 3 aliphatic rings. The van der Waals surface area contributed by atoms with Gasteiger partial charge in [0.1, 0.15) is 18.3 Å². The Morgan fingerprint density at radius 3 is 2.26 bits per heavy atom. The predicted molar refractivity (Wildman–Crippen MR) is 97.6 cm³/mol. The molecule has 3 aliphatic heterocycles. The van der Waals surface area contributed by atoms with Gasteiger partial charge in [0, 0.05) is 5.69 Å². The van der Waals surface area contributed by atoms with E-state index < -0.39 is 48.2 Å². The zero-order valence-electron chi connectivity index (χ0n) is 15.3. The van der Waals surface area contributed by atoms with Crippen molar-refractivity contribution in [1.29, 1.82) is 0 Å². The van der Waals surface area contributed by atoms with Crippen molar-refractivity contribution in [2.75, 3.05) is 5.32 Å². The zero-order chi connectivity index (χ0) is 19.6.